The second-order valence-corrected chi connectivity index (χ2v) is 5.54. The van der Waals surface area contributed by atoms with Crippen LogP contribution in [0.5, 0.6) is 0 Å². The zero-order valence-electron chi connectivity index (χ0n) is 12.9. The number of carbonyl (C=O) groups is 1. The summed E-state index contributed by atoms with van der Waals surface area (Å²) >= 11 is 0. The fourth-order valence-corrected chi connectivity index (χ4v) is 1.66. The highest BCUT2D eigenvalue weighted by molar-refractivity contribution is 5.78. The average molecular weight is 291 g/mol. The Bertz CT molecular complexity index is 252. The Labute approximate surface area is 121 Å². The molecule has 0 fully saturated rings. The van der Waals surface area contributed by atoms with Crippen LogP contribution in [-0.4, -0.2) is 72.7 Å². The summed E-state index contributed by atoms with van der Waals surface area (Å²) in [4.78, 5) is 13.8. The molecule has 0 aromatic rings. The number of aliphatic hydroxyl groups is 2. The Hall–Kier alpha value is -0.690. The van der Waals surface area contributed by atoms with Crippen LogP contribution in [0.4, 0.5) is 0 Å². The summed E-state index contributed by atoms with van der Waals surface area (Å²) in [6.45, 7) is 7.91. The van der Waals surface area contributed by atoms with Crippen molar-refractivity contribution in [1.29, 1.82) is 0 Å². The van der Waals surface area contributed by atoms with Crippen molar-refractivity contribution in [2.75, 3.05) is 46.2 Å². The Morgan fingerprint density at radius 1 is 1.00 bits per heavy atom. The first-order chi connectivity index (χ1) is 9.43. The molecule has 1 amide bonds. The molecule has 0 radical (unpaired) electrons. The summed E-state index contributed by atoms with van der Waals surface area (Å²) in [5.41, 5.74) is -0.294. The van der Waals surface area contributed by atoms with Crippen molar-refractivity contribution >= 4 is 5.91 Å². The Balaban J connectivity index is 4.10. The lowest BCUT2D eigenvalue weighted by molar-refractivity contribution is -0.142. The van der Waals surface area contributed by atoms with E-state index in [1.807, 2.05) is 20.8 Å². The van der Waals surface area contributed by atoms with Crippen LogP contribution in [0, 0.1) is 0 Å². The maximum atomic E-state index is 12.1. The molecule has 0 saturated carbocycles. The summed E-state index contributed by atoms with van der Waals surface area (Å²) < 4.78 is 10.6. The van der Waals surface area contributed by atoms with Gasteiger partial charge in [0, 0.05) is 38.5 Å². The van der Waals surface area contributed by atoms with Crippen molar-refractivity contribution in [3.63, 3.8) is 0 Å². The molecule has 0 saturated heterocycles. The van der Waals surface area contributed by atoms with Crippen molar-refractivity contribution in [2.24, 2.45) is 0 Å². The molecule has 0 aromatic carbocycles. The normalized spacial score (nSPS) is 11.7. The van der Waals surface area contributed by atoms with Crippen LogP contribution in [0.1, 0.15) is 33.6 Å². The second kappa shape index (κ2) is 11.0. The highest BCUT2D eigenvalue weighted by atomic mass is 16.5. The maximum absolute atomic E-state index is 12.1. The van der Waals surface area contributed by atoms with E-state index < -0.39 is 0 Å². The van der Waals surface area contributed by atoms with Gasteiger partial charge in [-0.15, -0.1) is 0 Å². The number of nitrogens with zero attached hydrogens (tertiary/aromatic N) is 1. The van der Waals surface area contributed by atoms with Crippen LogP contribution in [0.25, 0.3) is 0 Å². The van der Waals surface area contributed by atoms with Gasteiger partial charge in [0.1, 0.15) is 6.61 Å². The number of aliphatic hydroxyl groups excluding tert-OH is 2. The molecule has 6 heteroatoms. The lowest BCUT2D eigenvalue weighted by Crippen LogP contribution is -2.48. The standard InChI is InChI=1S/C14H29NO5/c1-14(2,3)15(6-11-19-9-4-7-16)13(18)12-20-10-5-8-17/h16-17H,4-12H2,1-3H3. The SMILES string of the molecule is CC(C)(C)N(CCOCCCO)C(=O)COCCCO. The number of rotatable bonds is 11. The van der Waals surface area contributed by atoms with E-state index in [0.29, 0.717) is 39.2 Å². The summed E-state index contributed by atoms with van der Waals surface area (Å²) in [7, 11) is 0. The van der Waals surface area contributed by atoms with Gasteiger partial charge in [0.2, 0.25) is 5.91 Å². The van der Waals surface area contributed by atoms with Crippen LogP contribution in [-0.2, 0) is 14.3 Å². The van der Waals surface area contributed by atoms with Gasteiger partial charge >= 0.3 is 0 Å². The van der Waals surface area contributed by atoms with Gasteiger partial charge in [0.15, 0.2) is 0 Å². The molecule has 20 heavy (non-hydrogen) atoms. The third-order valence-corrected chi connectivity index (χ3v) is 2.69. The summed E-state index contributed by atoms with van der Waals surface area (Å²) in [6.07, 6.45) is 1.14. The van der Waals surface area contributed by atoms with Crippen LogP contribution in [0.2, 0.25) is 0 Å². The molecular weight excluding hydrogens is 262 g/mol. The molecule has 0 aliphatic rings. The van der Waals surface area contributed by atoms with E-state index >= 15 is 0 Å². The smallest absolute Gasteiger partial charge is 0.249 e. The predicted octanol–water partition coefficient (Wildman–Crippen LogP) is 0.412. The van der Waals surface area contributed by atoms with Gasteiger partial charge < -0.3 is 24.6 Å². The molecule has 0 aromatic heterocycles. The van der Waals surface area contributed by atoms with Crippen molar-refractivity contribution in [1.82, 2.24) is 4.90 Å². The fourth-order valence-electron chi connectivity index (χ4n) is 1.66. The molecular formula is C14H29NO5. The molecule has 0 spiro atoms. The highest BCUT2D eigenvalue weighted by Crippen LogP contribution is 2.13. The molecule has 0 aliphatic heterocycles. The van der Waals surface area contributed by atoms with Gasteiger partial charge in [-0.25, -0.2) is 0 Å². The zero-order valence-corrected chi connectivity index (χ0v) is 12.9. The third kappa shape index (κ3) is 9.25. The van der Waals surface area contributed by atoms with E-state index in [0.717, 1.165) is 0 Å². The number of ether oxygens (including phenoxy) is 2. The first kappa shape index (κ1) is 19.3. The molecule has 0 unspecified atom stereocenters. The molecule has 2 N–H and O–H groups in total. The molecule has 6 nitrogen and oxygen atoms in total. The molecule has 0 bridgehead atoms. The van der Waals surface area contributed by atoms with E-state index in [4.69, 9.17) is 19.7 Å². The van der Waals surface area contributed by atoms with Crippen molar-refractivity contribution in [3.05, 3.63) is 0 Å². The molecule has 0 atom stereocenters. The van der Waals surface area contributed by atoms with E-state index in [-0.39, 0.29) is 31.3 Å². The van der Waals surface area contributed by atoms with Gasteiger partial charge in [-0.3, -0.25) is 4.79 Å². The van der Waals surface area contributed by atoms with Crippen LogP contribution in [0.3, 0.4) is 0 Å². The minimum atomic E-state index is -0.294. The monoisotopic (exact) mass is 291 g/mol. The third-order valence-electron chi connectivity index (χ3n) is 2.69. The fraction of sp³-hybridized carbons (Fsp3) is 0.929. The summed E-state index contributed by atoms with van der Waals surface area (Å²) in [5, 5.41) is 17.3. The highest BCUT2D eigenvalue weighted by Gasteiger charge is 2.25. The molecule has 0 aliphatic carbocycles. The maximum Gasteiger partial charge on any atom is 0.249 e. The summed E-state index contributed by atoms with van der Waals surface area (Å²) in [6, 6.07) is 0. The lowest BCUT2D eigenvalue weighted by atomic mass is 10.1. The summed E-state index contributed by atoms with van der Waals surface area (Å²) in [5.74, 6) is -0.0822. The van der Waals surface area contributed by atoms with Gasteiger partial charge in [-0.2, -0.15) is 0 Å². The molecule has 0 rings (SSSR count). The number of amides is 1. The van der Waals surface area contributed by atoms with Crippen LogP contribution in [0.15, 0.2) is 0 Å². The molecule has 120 valence electrons. The van der Waals surface area contributed by atoms with Gasteiger partial charge in [0.25, 0.3) is 0 Å². The van der Waals surface area contributed by atoms with E-state index in [1.165, 1.54) is 0 Å². The molecule has 0 heterocycles. The Morgan fingerprint density at radius 2 is 1.55 bits per heavy atom. The topological polar surface area (TPSA) is 79.2 Å². The lowest BCUT2D eigenvalue weighted by Gasteiger charge is -2.35. The number of carbonyl (C=O) groups excluding carboxylic acids is 1. The van der Waals surface area contributed by atoms with Gasteiger partial charge in [-0.1, -0.05) is 0 Å². The van der Waals surface area contributed by atoms with Crippen LogP contribution >= 0.6 is 0 Å². The minimum Gasteiger partial charge on any atom is -0.396 e. The Morgan fingerprint density at radius 3 is 2.05 bits per heavy atom. The van der Waals surface area contributed by atoms with Crippen molar-refractivity contribution < 1.29 is 24.5 Å². The van der Waals surface area contributed by atoms with Crippen molar-refractivity contribution in [2.45, 2.75) is 39.2 Å². The quantitative estimate of drug-likeness (QED) is 0.539. The minimum absolute atomic E-state index is 0.0217. The van der Waals surface area contributed by atoms with E-state index in [2.05, 4.69) is 0 Å². The first-order valence-electron chi connectivity index (χ1n) is 7.11. The first-order valence-corrected chi connectivity index (χ1v) is 7.11. The van der Waals surface area contributed by atoms with Crippen LogP contribution < -0.4 is 0 Å². The van der Waals surface area contributed by atoms with Crippen molar-refractivity contribution in [3.8, 4) is 0 Å². The van der Waals surface area contributed by atoms with E-state index in [1.54, 1.807) is 4.90 Å². The van der Waals surface area contributed by atoms with E-state index in [9.17, 15) is 4.79 Å². The number of hydrogen-bond acceptors (Lipinski definition) is 5. The average Bonchev–Trinajstić information content (AvgIpc) is 2.37. The zero-order chi connectivity index (χ0) is 15.4. The number of hydrogen-bond donors (Lipinski definition) is 2. The van der Waals surface area contributed by atoms with Gasteiger partial charge in [0.05, 0.1) is 6.61 Å². The Kier molecular flexibility index (Phi) is 10.6. The largest absolute Gasteiger partial charge is 0.396 e. The second-order valence-electron chi connectivity index (χ2n) is 5.54. The predicted molar refractivity (Wildman–Crippen MR) is 76.5 cm³/mol. The van der Waals surface area contributed by atoms with Gasteiger partial charge in [-0.05, 0) is 33.6 Å².